The highest BCUT2D eigenvalue weighted by atomic mass is 15.0. The summed E-state index contributed by atoms with van der Waals surface area (Å²) in [6.07, 6.45) is 6.00. The van der Waals surface area contributed by atoms with Crippen molar-refractivity contribution < 1.29 is 0 Å². The predicted molar refractivity (Wildman–Crippen MR) is 68.4 cm³/mol. The molecule has 3 rings (SSSR count). The zero-order valence-corrected chi connectivity index (χ0v) is 10.2. The summed E-state index contributed by atoms with van der Waals surface area (Å²) in [5.74, 6) is 0.914. The lowest BCUT2D eigenvalue weighted by Crippen LogP contribution is -1.96. The van der Waals surface area contributed by atoms with E-state index in [9.17, 15) is 0 Å². The van der Waals surface area contributed by atoms with Crippen molar-refractivity contribution in [2.24, 2.45) is 5.92 Å². The zero-order valence-electron chi connectivity index (χ0n) is 10.2. The molecule has 1 aromatic carbocycles. The van der Waals surface area contributed by atoms with Crippen molar-refractivity contribution in [3.8, 4) is 0 Å². The normalized spacial score (nSPS) is 14.6. The van der Waals surface area contributed by atoms with Gasteiger partial charge in [-0.2, -0.15) is 0 Å². The molecule has 2 heteroatoms. The lowest BCUT2D eigenvalue weighted by Gasteiger charge is -2.00. The molecule has 1 saturated carbocycles. The topological polar surface area (TPSA) is 17.8 Å². The van der Waals surface area contributed by atoms with Crippen molar-refractivity contribution >= 4 is 11.0 Å². The summed E-state index contributed by atoms with van der Waals surface area (Å²) in [5.41, 5.74) is 2.39. The van der Waals surface area contributed by atoms with Crippen LogP contribution in [-0.4, -0.2) is 9.55 Å². The minimum absolute atomic E-state index is 0.914. The summed E-state index contributed by atoms with van der Waals surface area (Å²) >= 11 is 0. The van der Waals surface area contributed by atoms with Crippen LogP contribution in [0.15, 0.2) is 30.6 Å². The van der Waals surface area contributed by atoms with Crippen LogP contribution in [0, 0.1) is 5.92 Å². The lowest BCUT2D eigenvalue weighted by molar-refractivity contribution is 0.642. The fraction of sp³-hybridized carbons (Fsp3) is 0.500. The van der Waals surface area contributed by atoms with Gasteiger partial charge in [0.25, 0.3) is 0 Å². The number of aromatic nitrogens is 2. The average Bonchev–Trinajstić information content (AvgIpc) is 3.01. The maximum absolute atomic E-state index is 4.36. The Hall–Kier alpha value is -1.31. The Morgan fingerprint density at radius 2 is 1.94 bits per heavy atom. The standard InChI is InChI=1S/C11H12N2.C3H8/c1-2-4-11-10(3-1)12-8-13(11)7-9-5-6-9;1-3-2/h1-4,8-9H,5-7H2;3H2,1-2H3. The number of imidazole rings is 1. The molecule has 16 heavy (non-hydrogen) atoms. The quantitative estimate of drug-likeness (QED) is 0.745. The third-order valence-corrected chi connectivity index (χ3v) is 2.68. The summed E-state index contributed by atoms with van der Waals surface area (Å²) in [4.78, 5) is 4.36. The molecule has 86 valence electrons. The number of hydrogen-bond donors (Lipinski definition) is 0. The van der Waals surface area contributed by atoms with Crippen LogP contribution in [0.1, 0.15) is 33.1 Å². The van der Waals surface area contributed by atoms with Crippen LogP contribution in [0.3, 0.4) is 0 Å². The van der Waals surface area contributed by atoms with E-state index in [4.69, 9.17) is 0 Å². The summed E-state index contributed by atoms with van der Waals surface area (Å²) in [7, 11) is 0. The van der Waals surface area contributed by atoms with Crippen molar-refractivity contribution in [2.45, 2.75) is 39.7 Å². The van der Waals surface area contributed by atoms with E-state index in [0.717, 1.165) is 18.0 Å². The van der Waals surface area contributed by atoms with Gasteiger partial charge in [-0.05, 0) is 30.9 Å². The molecule has 1 fully saturated rings. The van der Waals surface area contributed by atoms with Crippen LogP contribution in [0.2, 0.25) is 0 Å². The van der Waals surface area contributed by atoms with Gasteiger partial charge in [0.2, 0.25) is 0 Å². The molecule has 0 saturated heterocycles. The van der Waals surface area contributed by atoms with Gasteiger partial charge >= 0.3 is 0 Å². The molecule has 2 aromatic rings. The van der Waals surface area contributed by atoms with E-state index >= 15 is 0 Å². The molecule has 0 amide bonds. The fourth-order valence-electron chi connectivity index (χ4n) is 1.73. The van der Waals surface area contributed by atoms with Crippen LogP contribution >= 0.6 is 0 Å². The Bertz CT molecular complexity index is 441. The highest BCUT2D eigenvalue weighted by molar-refractivity contribution is 5.74. The first kappa shape index (κ1) is 11.2. The van der Waals surface area contributed by atoms with E-state index in [1.165, 1.54) is 24.8 Å². The van der Waals surface area contributed by atoms with Gasteiger partial charge in [0.15, 0.2) is 0 Å². The summed E-state index contributed by atoms with van der Waals surface area (Å²) < 4.78 is 2.27. The fourth-order valence-corrected chi connectivity index (χ4v) is 1.73. The molecular formula is C14H20N2. The Labute approximate surface area is 97.3 Å². The van der Waals surface area contributed by atoms with Gasteiger partial charge in [-0.3, -0.25) is 0 Å². The number of para-hydroxylation sites is 2. The van der Waals surface area contributed by atoms with Crippen molar-refractivity contribution in [2.75, 3.05) is 0 Å². The molecule has 1 aliphatic carbocycles. The molecule has 0 radical (unpaired) electrons. The first-order valence-corrected chi connectivity index (χ1v) is 6.25. The molecule has 0 bridgehead atoms. The Morgan fingerprint density at radius 3 is 2.62 bits per heavy atom. The molecule has 0 aliphatic heterocycles. The third-order valence-electron chi connectivity index (χ3n) is 2.68. The largest absolute Gasteiger partial charge is 0.330 e. The van der Waals surface area contributed by atoms with Crippen LogP contribution in [0.25, 0.3) is 11.0 Å². The molecule has 2 nitrogen and oxygen atoms in total. The van der Waals surface area contributed by atoms with E-state index in [2.05, 4.69) is 41.6 Å². The lowest BCUT2D eigenvalue weighted by atomic mass is 10.3. The van der Waals surface area contributed by atoms with Crippen LogP contribution in [0.5, 0.6) is 0 Å². The number of fused-ring (bicyclic) bond motifs is 1. The minimum atomic E-state index is 0.914. The van der Waals surface area contributed by atoms with E-state index in [-0.39, 0.29) is 0 Å². The molecule has 1 aromatic heterocycles. The maximum Gasteiger partial charge on any atom is 0.0958 e. The average molecular weight is 216 g/mol. The number of benzene rings is 1. The Kier molecular flexibility index (Phi) is 3.60. The SMILES string of the molecule is CCC.c1ccc2c(c1)ncn2CC1CC1. The van der Waals surface area contributed by atoms with E-state index in [0.29, 0.717) is 0 Å². The highest BCUT2D eigenvalue weighted by Gasteiger charge is 2.22. The van der Waals surface area contributed by atoms with Gasteiger partial charge in [0.1, 0.15) is 0 Å². The van der Waals surface area contributed by atoms with Gasteiger partial charge in [-0.25, -0.2) is 4.98 Å². The number of rotatable bonds is 2. The maximum atomic E-state index is 4.36. The molecule has 1 aliphatic rings. The second-order valence-electron chi connectivity index (χ2n) is 4.54. The highest BCUT2D eigenvalue weighted by Crippen LogP contribution is 2.31. The molecule has 0 spiro atoms. The predicted octanol–water partition coefficient (Wildman–Crippen LogP) is 3.86. The summed E-state index contributed by atoms with van der Waals surface area (Å²) in [6, 6.07) is 8.33. The molecule has 0 unspecified atom stereocenters. The smallest absolute Gasteiger partial charge is 0.0958 e. The van der Waals surface area contributed by atoms with E-state index in [1.807, 2.05) is 12.4 Å². The van der Waals surface area contributed by atoms with Crippen molar-refractivity contribution in [1.29, 1.82) is 0 Å². The van der Waals surface area contributed by atoms with Crippen LogP contribution < -0.4 is 0 Å². The van der Waals surface area contributed by atoms with Crippen molar-refractivity contribution in [3.05, 3.63) is 30.6 Å². The van der Waals surface area contributed by atoms with Gasteiger partial charge in [0, 0.05) is 6.54 Å². The number of hydrogen-bond acceptors (Lipinski definition) is 1. The van der Waals surface area contributed by atoms with Crippen LogP contribution in [0.4, 0.5) is 0 Å². The second-order valence-corrected chi connectivity index (χ2v) is 4.54. The van der Waals surface area contributed by atoms with Crippen molar-refractivity contribution in [1.82, 2.24) is 9.55 Å². The third kappa shape index (κ3) is 2.63. The summed E-state index contributed by atoms with van der Waals surface area (Å²) in [6.45, 7) is 5.40. The Balaban J connectivity index is 0.000000292. The monoisotopic (exact) mass is 216 g/mol. The van der Waals surface area contributed by atoms with E-state index in [1.54, 1.807) is 0 Å². The van der Waals surface area contributed by atoms with Gasteiger partial charge in [0.05, 0.1) is 17.4 Å². The second kappa shape index (κ2) is 5.15. The van der Waals surface area contributed by atoms with Gasteiger partial charge < -0.3 is 4.57 Å². The molecule has 0 N–H and O–H groups in total. The molecule has 1 heterocycles. The number of nitrogens with zero attached hydrogens (tertiary/aromatic N) is 2. The van der Waals surface area contributed by atoms with E-state index < -0.39 is 0 Å². The molecular weight excluding hydrogens is 196 g/mol. The Morgan fingerprint density at radius 1 is 1.25 bits per heavy atom. The van der Waals surface area contributed by atoms with Crippen molar-refractivity contribution in [3.63, 3.8) is 0 Å². The molecule has 0 atom stereocenters. The first-order chi connectivity index (χ1) is 7.85. The van der Waals surface area contributed by atoms with Gasteiger partial charge in [-0.15, -0.1) is 0 Å². The summed E-state index contributed by atoms with van der Waals surface area (Å²) in [5, 5.41) is 0. The minimum Gasteiger partial charge on any atom is -0.330 e. The zero-order chi connectivity index (χ0) is 11.4. The first-order valence-electron chi connectivity index (χ1n) is 6.25. The van der Waals surface area contributed by atoms with Crippen LogP contribution in [-0.2, 0) is 6.54 Å². The van der Waals surface area contributed by atoms with Gasteiger partial charge in [-0.1, -0.05) is 32.4 Å².